The van der Waals surface area contributed by atoms with Crippen LogP contribution in [0.15, 0.2) is 42.5 Å². The molecule has 96 valence electrons. The normalized spacial score (nSPS) is 17.6. The summed E-state index contributed by atoms with van der Waals surface area (Å²) < 4.78 is 0. The van der Waals surface area contributed by atoms with Crippen LogP contribution in [-0.2, 0) is 6.42 Å². The summed E-state index contributed by atoms with van der Waals surface area (Å²) in [7, 11) is 0. The highest BCUT2D eigenvalue weighted by Crippen LogP contribution is 2.33. The zero-order valence-corrected chi connectivity index (χ0v) is 10.8. The van der Waals surface area contributed by atoms with E-state index in [1.54, 1.807) is 12.2 Å². The third kappa shape index (κ3) is 2.71. The van der Waals surface area contributed by atoms with Gasteiger partial charge in [0.2, 0.25) is 0 Å². The van der Waals surface area contributed by atoms with Gasteiger partial charge in [0, 0.05) is 12.0 Å². The lowest BCUT2D eigenvalue weighted by atomic mass is 9.87. The molecule has 0 heterocycles. The number of benzene rings is 1. The molecule has 0 radical (unpaired) electrons. The van der Waals surface area contributed by atoms with E-state index < -0.39 is 5.79 Å². The van der Waals surface area contributed by atoms with Crippen molar-refractivity contribution in [1.29, 1.82) is 0 Å². The molecule has 0 bridgehead atoms. The Bertz CT molecular complexity index is 470. The molecule has 0 spiro atoms. The van der Waals surface area contributed by atoms with E-state index in [1.807, 2.05) is 24.3 Å². The van der Waals surface area contributed by atoms with Crippen molar-refractivity contribution in [2.24, 2.45) is 0 Å². The molecule has 0 atom stereocenters. The molecule has 2 N–H and O–H groups in total. The van der Waals surface area contributed by atoms with Crippen molar-refractivity contribution in [3.05, 3.63) is 53.6 Å². The largest absolute Gasteiger partial charge is 0.362 e. The molecule has 1 aliphatic carbocycles. The van der Waals surface area contributed by atoms with Gasteiger partial charge in [0.1, 0.15) is 0 Å². The van der Waals surface area contributed by atoms with E-state index in [9.17, 15) is 10.2 Å². The van der Waals surface area contributed by atoms with Gasteiger partial charge in [0.05, 0.1) is 0 Å². The minimum absolute atomic E-state index is 0.251. The monoisotopic (exact) mass is 244 g/mol. The van der Waals surface area contributed by atoms with Crippen molar-refractivity contribution in [2.45, 2.75) is 38.4 Å². The molecule has 2 nitrogen and oxygen atoms in total. The van der Waals surface area contributed by atoms with Crippen LogP contribution >= 0.6 is 0 Å². The topological polar surface area (TPSA) is 40.5 Å². The van der Waals surface area contributed by atoms with Crippen molar-refractivity contribution >= 4 is 5.57 Å². The second kappa shape index (κ2) is 5.51. The number of rotatable bonds is 4. The molecule has 0 fully saturated rings. The van der Waals surface area contributed by atoms with Crippen molar-refractivity contribution in [2.75, 3.05) is 0 Å². The molecular weight excluding hydrogens is 224 g/mol. The van der Waals surface area contributed by atoms with Gasteiger partial charge < -0.3 is 10.2 Å². The van der Waals surface area contributed by atoms with Crippen LogP contribution in [0.1, 0.15) is 37.3 Å². The first-order valence-electron chi connectivity index (χ1n) is 6.55. The Morgan fingerprint density at radius 3 is 2.72 bits per heavy atom. The van der Waals surface area contributed by atoms with E-state index in [1.165, 1.54) is 5.56 Å². The second-order valence-electron chi connectivity index (χ2n) is 4.79. The Morgan fingerprint density at radius 2 is 2.00 bits per heavy atom. The summed E-state index contributed by atoms with van der Waals surface area (Å²) >= 11 is 0. The van der Waals surface area contributed by atoms with Crippen LogP contribution in [0, 0.1) is 0 Å². The molecule has 1 aromatic carbocycles. The zero-order valence-electron chi connectivity index (χ0n) is 10.8. The summed E-state index contributed by atoms with van der Waals surface area (Å²) in [5, 5.41) is 20.1. The summed E-state index contributed by atoms with van der Waals surface area (Å²) in [5.74, 6) is -1.74. The fraction of sp³-hybridized carbons (Fsp3) is 0.375. The number of unbranched alkanes of at least 4 members (excludes halogenated alkanes) is 1. The molecule has 0 saturated carbocycles. The lowest BCUT2D eigenvalue weighted by Crippen LogP contribution is -2.30. The molecule has 1 aliphatic rings. The van der Waals surface area contributed by atoms with Crippen LogP contribution in [0.25, 0.3) is 5.57 Å². The van der Waals surface area contributed by atoms with E-state index in [0.29, 0.717) is 5.57 Å². The van der Waals surface area contributed by atoms with Crippen molar-refractivity contribution in [1.82, 2.24) is 0 Å². The smallest absolute Gasteiger partial charge is 0.193 e. The highest BCUT2D eigenvalue weighted by molar-refractivity contribution is 5.75. The fourth-order valence-electron chi connectivity index (χ4n) is 2.31. The number of aliphatic hydroxyl groups is 2. The van der Waals surface area contributed by atoms with Crippen LogP contribution in [-0.4, -0.2) is 16.0 Å². The molecule has 18 heavy (non-hydrogen) atoms. The van der Waals surface area contributed by atoms with Crippen molar-refractivity contribution in [3.8, 4) is 0 Å². The van der Waals surface area contributed by atoms with Gasteiger partial charge in [-0.05, 0) is 24.0 Å². The van der Waals surface area contributed by atoms with E-state index in [4.69, 9.17) is 0 Å². The minimum atomic E-state index is -1.74. The molecule has 2 rings (SSSR count). The summed E-state index contributed by atoms with van der Waals surface area (Å²) in [6.45, 7) is 2.16. The lowest BCUT2D eigenvalue weighted by molar-refractivity contribution is -0.105. The summed E-state index contributed by atoms with van der Waals surface area (Å²) in [6.07, 6.45) is 8.94. The van der Waals surface area contributed by atoms with Gasteiger partial charge in [0.15, 0.2) is 5.79 Å². The molecule has 0 saturated heterocycles. The Hall–Kier alpha value is -1.38. The van der Waals surface area contributed by atoms with Crippen LogP contribution in [0.4, 0.5) is 0 Å². The molecule has 0 amide bonds. The summed E-state index contributed by atoms with van der Waals surface area (Å²) in [5.41, 5.74) is 2.75. The third-order valence-electron chi connectivity index (χ3n) is 3.34. The Labute approximate surface area is 108 Å². The van der Waals surface area contributed by atoms with Crippen LogP contribution in [0.5, 0.6) is 0 Å². The first-order chi connectivity index (χ1) is 8.65. The quantitative estimate of drug-likeness (QED) is 0.799. The van der Waals surface area contributed by atoms with Gasteiger partial charge >= 0.3 is 0 Å². The SMILES string of the molecule is CCCCc1ccccc1C1=CC=CCC1(O)O. The van der Waals surface area contributed by atoms with Crippen LogP contribution < -0.4 is 0 Å². The number of hydrogen-bond donors (Lipinski definition) is 2. The highest BCUT2D eigenvalue weighted by atomic mass is 16.5. The Kier molecular flexibility index (Phi) is 4.00. The molecule has 1 aromatic rings. The average Bonchev–Trinajstić information content (AvgIpc) is 2.36. The van der Waals surface area contributed by atoms with Crippen LogP contribution in [0.2, 0.25) is 0 Å². The predicted molar refractivity (Wildman–Crippen MR) is 74.0 cm³/mol. The van der Waals surface area contributed by atoms with Gasteiger partial charge in [-0.25, -0.2) is 0 Å². The number of hydrogen-bond acceptors (Lipinski definition) is 2. The third-order valence-corrected chi connectivity index (χ3v) is 3.34. The lowest BCUT2D eigenvalue weighted by Gasteiger charge is -2.27. The minimum Gasteiger partial charge on any atom is -0.362 e. The van der Waals surface area contributed by atoms with Crippen molar-refractivity contribution < 1.29 is 10.2 Å². The number of allylic oxidation sites excluding steroid dienone is 2. The molecular formula is C16H20O2. The zero-order chi connectivity index (χ0) is 13.0. The second-order valence-corrected chi connectivity index (χ2v) is 4.79. The van der Waals surface area contributed by atoms with Crippen LogP contribution in [0.3, 0.4) is 0 Å². The Morgan fingerprint density at radius 1 is 1.22 bits per heavy atom. The van der Waals surface area contributed by atoms with Gasteiger partial charge in [-0.15, -0.1) is 0 Å². The molecule has 2 heteroatoms. The maximum Gasteiger partial charge on any atom is 0.193 e. The first kappa shape index (κ1) is 13.1. The fourth-order valence-corrected chi connectivity index (χ4v) is 2.31. The molecule has 0 aliphatic heterocycles. The predicted octanol–water partition coefficient (Wildman–Crippen LogP) is 3.05. The van der Waals surface area contributed by atoms with E-state index in [-0.39, 0.29) is 6.42 Å². The van der Waals surface area contributed by atoms with E-state index in [0.717, 1.165) is 24.8 Å². The van der Waals surface area contributed by atoms with Crippen molar-refractivity contribution in [3.63, 3.8) is 0 Å². The van der Waals surface area contributed by atoms with Gasteiger partial charge in [-0.2, -0.15) is 0 Å². The standard InChI is InChI=1S/C16H20O2/c1-2-3-8-13-9-4-5-10-14(13)15-11-6-7-12-16(15,17)18/h4-7,9-11,17-18H,2-3,8,12H2,1H3. The molecule has 0 unspecified atom stereocenters. The maximum absolute atomic E-state index is 10.1. The Balaban J connectivity index is 2.38. The summed E-state index contributed by atoms with van der Waals surface area (Å²) in [4.78, 5) is 0. The van der Waals surface area contributed by atoms with Gasteiger partial charge in [0.25, 0.3) is 0 Å². The van der Waals surface area contributed by atoms with E-state index >= 15 is 0 Å². The molecule has 0 aromatic heterocycles. The average molecular weight is 244 g/mol. The first-order valence-corrected chi connectivity index (χ1v) is 6.55. The summed E-state index contributed by atoms with van der Waals surface area (Å²) in [6, 6.07) is 7.99. The van der Waals surface area contributed by atoms with Gasteiger partial charge in [-0.3, -0.25) is 0 Å². The van der Waals surface area contributed by atoms with Gasteiger partial charge in [-0.1, -0.05) is 55.8 Å². The maximum atomic E-state index is 10.1. The van der Waals surface area contributed by atoms with E-state index in [2.05, 4.69) is 13.0 Å². The highest BCUT2D eigenvalue weighted by Gasteiger charge is 2.30. The number of aryl methyl sites for hydroxylation is 1.